The fraction of sp³-hybridized carbons (Fsp3) is 0.545. The van der Waals surface area contributed by atoms with Crippen LogP contribution in [0, 0.1) is 0 Å². The summed E-state index contributed by atoms with van der Waals surface area (Å²) in [6, 6.07) is 8.82. The van der Waals surface area contributed by atoms with Crippen molar-refractivity contribution in [3.63, 3.8) is 0 Å². The third kappa shape index (κ3) is 7.68. The highest BCUT2D eigenvalue weighted by molar-refractivity contribution is 6.38. The van der Waals surface area contributed by atoms with Gasteiger partial charge in [0.2, 0.25) is 17.6 Å². The molecule has 3 amide bonds. The fourth-order valence-corrected chi connectivity index (χ4v) is 3.47. The molecule has 1 unspecified atom stereocenters. The van der Waals surface area contributed by atoms with Gasteiger partial charge in [-0.25, -0.2) is 0 Å². The molecular formula is C22H31N3O4. The van der Waals surface area contributed by atoms with Crippen molar-refractivity contribution in [2.75, 3.05) is 13.1 Å². The molecule has 1 aromatic rings. The Bertz CT molecular complexity index is 705. The second-order valence-corrected chi connectivity index (χ2v) is 7.43. The van der Waals surface area contributed by atoms with Gasteiger partial charge in [-0.15, -0.1) is 0 Å². The highest BCUT2D eigenvalue weighted by Gasteiger charge is 2.38. The number of unbranched alkanes of at least 4 members (excludes halogenated alkanes) is 4. The number of amides is 3. The normalized spacial score (nSPS) is 16.0. The summed E-state index contributed by atoms with van der Waals surface area (Å²) in [5.74, 6) is -1.22. The molecule has 0 bridgehead atoms. The molecule has 1 atom stereocenters. The van der Waals surface area contributed by atoms with Gasteiger partial charge in [0.05, 0.1) is 0 Å². The number of carbonyl (C=O) groups excluding carboxylic acids is 4. The number of rotatable bonds is 12. The Hall–Kier alpha value is -2.70. The first kappa shape index (κ1) is 22.6. The number of nitrogens with one attached hydrogen (secondary N) is 2. The number of ketones is 1. The predicted octanol–water partition coefficient (Wildman–Crippen LogP) is 1.95. The van der Waals surface area contributed by atoms with Crippen molar-refractivity contribution in [1.29, 1.82) is 0 Å². The third-order valence-electron chi connectivity index (χ3n) is 5.06. The fourth-order valence-electron chi connectivity index (χ4n) is 3.47. The first-order valence-electron chi connectivity index (χ1n) is 10.4. The summed E-state index contributed by atoms with van der Waals surface area (Å²) in [5.41, 5.74) is 0.944. The van der Waals surface area contributed by atoms with E-state index in [9.17, 15) is 19.2 Å². The number of benzene rings is 1. The van der Waals surface area contributed by atoms with Crippen LogP contribution in [0.5, 0.6) is 0 Å². The minimum atomic E-state index is -0.670. The number of Topliss-reactive ketones (excluding diaryl/α,β-unsaturated/α-hetero) is 1. The lowest BCUT2D eigenvalue weighted by Gasteiger charge is -2.23. The van der Waals surface area contributed by atoms with E-state index < -0.39 is 17.7 Å². The molecule has 158 valence electrons. The molecule has 1 fully saturated rings. The van der Waals surface area contributed by atoms with E-state index in [2.05, 4.69) is 10.6 Å². The van der Waals surface area contributed by atoms with Gasteiger partial charge in [0.15, 0.2) is 0 Å². The molecule has 1 aliphatic heterocycles. The Balaban J connectivity index is 1.67. The van der Waals surface area contributed by atoms with Gasteiger partial charge >= 0.3 is 0 Å². The summed E-state index contributed by atoms with van der Waals surface area (Å²) in [6.45, 7) is 3.00. The van der Waals surface area contributed by atoms with Crippen molar-refractivity contribution in [1.82, 2.24) is 15.5 Å². The monoisotopic (exact) mass is 401 g/mol. The standard InChI is InChI=1S/C22H31N3O4/c1-17(26)23-14-8-3-2-4-9-15-24-22(29)21(28)19-12-13-20(27)25(19)16-18-10-6-5-7-11-18/h5-7,10-11,19H,2-4,8-9,12-16H2,1H3,(H,23,26)(H,24,29). The summed E-state index contributed by atoms with van der Waals surface area (Å²) in [4.78, 5) is 49.2. The number of hydrogen-bond donors (Lipinski definition) is 2. The molecule has 2 N–H and O–H groups in total. The lowest BCUT2D eigenvalue weighted by molar-refractivity contribution is -0.143. The maximum absolute atomic E-state index is 12.5. The zero-order chi connectivity index (χ0) is 21.1. The highest BCUT2D eigenvalue weighted by Crippen LogP contribution is 2.22. The maximum atomic E-state index is 12.5. The molecular weight excluding hydrogens is 370 g/mol. The molecule has 0 radical (unpaired) electrons. The van der Waals surface area contributed by atoms with E-state index >= 15 is 0 Å². The molecule has 0 aromatic heterocycles. The molecule has 0 saturated carbocycles. The van der Waals surface area contributed by atoms with E-state index in [1.807, 2.05) is 30.3 Å². The van der Waals surface area contributed by atoms with Gasteiger partial charge in [-0.3, -0.25) is 19.2 Å². The summed E-state index contributed by atoms with van der Waals surface area (Å²) in [5, 5.41) is 5.45. The molecule has 1 aromatic carbocycles. The lowest BCUT2D eigenvalue weighted by atomic mass is 10.1. The largest absolute Gasteiger partial charge is 0.356 e. The van der Waals surface area contributed by atoms with Gasteiger partial charge in [0.1, 0.15) is 6.04 Å². The Labute approximate surface area is 172 Å². The van der Waals surface area contributed by atoms with Gasteiger partial charge in [0, 0.05) is 33.0 Å². The topological polar surface area (TPSA) is 95.6 Å². The summed E-state index contributed by atoms with van der Waals surface area (Å²) in [7, 11) is 0. The van der Waals surface area contributed by atoms with Crippen molar-refractivity contribution in [2.24, 2.45) is 0 Å². The van der Waals surface area contributed by atoms with Gasteiger partial charge in [-0.2, -0.15) is 0 Å². The van der Waals surface area contributed by atoms with Crippen molar-refractivity contribution in [3.8, 4) is 0 Å². The van der Waals surface area contributed by atoms with E-state index in [1.165, 1.54) is 11.8 Å². The molecule has 0 aliphatic carbocycles. The summed E-state index contributed by atoms with van der Waals surface area (Å²) in [6.07, 6.45) is 5.43. The molecule has 1 saturated heterocycles. The van der Waals surface area contributed by atoms with Crippen LogP contribution in [-0.2, 0) is 25.7 Å². The van der Waals surface area contributed by atoms with Gasteiger partial charge in [-0.1, -0.05) is 49.6 Å². The van der Waals surface area contributed by atoms with Crippen LogP contribution in [0.4, 0.5) is 0 Å². The number of nitrogens with zero attached hydrogens (tertiary/aromatic N) is 1. The van der Waals surface area contributed by atoms with Crippen molar-refractivity contribution in [2.45, 2.75) is 64.5 Å². The van der Waals surface area contributed by atoms with E-state index in [0.717, 1.165) is 37.7 Å². The van der Waals surface area contributed by atoms with E-state index in [1.54, 1.807) is 0 Å². The van der Waals surface area contributed by atoms with E-state index in [-0.39, 0.29) is 11.8 Å². The Morgan fingerprint density at radius 1 is 0.966 bits per heavy atom. The minimum absolute atomic E-state index is 0.0105. The van der Waals surface area contributed by atoms with Gasteiger partial charge in [-0.05, 0) is 24.8 Å². The first-order chi connectivity index (χ1) is 14.0. The average molecular weight is 402 g/mol. The summed E-state index contributed by atoms with van der Waals surface area (Å²) >= 11 is 0. The molecule has 7 heteroatoms. The molecule has 1 aliphatic rings. The zero-order valence-corrected chi connectivity index (χ0v) is 17.1. The number of carbonyl (C=O) groups is 4. The molecule has 29 heavy (non-hydrogen) atoms. The van der Waals surface area contributed by atoms with E-state index in [4.69, 9.17) is 0 Å². The molecule has 7 nitrogen and oxygen atoms in total. The van der Waals surface area contributed by atoms with Crippen LogP contribution in [0.3, 0.4) is 0 Å². The number of hydrogen-bond acceptors (Lipinski definition) is 4. The average Bonchev–Trinajstić information content (AvgIpc) is 3.06. The molecule has 1 heterocycles. The third-order valence-corrected chi connectivity index (χ3v) is 5.06. The Morgan fingerprint density at radius 3 is 2.24 bits per heavy atom. The zero-order valence-electron chi connectivity index (χ0n) is 17.1. The highest BCUT2D eigenvalue weighted by atomic mass is 16.2. The molecule has 0 spiro atoms. The Morgan fingerprint density at radius 2 is 1.59 bits per heavy atom. The minimum Gasteiger partial charge on any atom is -0.356 e. The van der Waals surface area contributed by atoms with Crippen LogP contribution in [0.2, 0.25) is 0 Å². The Kier molecular flexibility index (Phi) is 9.34. The first-order valence-corrected chi connectivity index (χ1v) is 10.4. The van der Waals surface area contributed by atoms with Crippen molar-refractivity contribution < 1.29 is 19.2 Å². The van der Waals surface area contributed by atoms with Crippen molar-refractivity contribution in [3.05, 3.63) is 35.9 Å². The SMILES string of the molecule is CC(=O)NCCCCCCCNC(=O)C(=O)C1CCC(=O)N1Cc1ccccc1. The lowest BCUT2D eigenvalue weighted by Crippen LogP contribution is -2.45. The van der Waals surface area contributed by atoms with Gasteiger partial charge < -0.3 is 15.5 Å². The summed E-state index contributed by atoms with van der Waals surface area (Å²) < 4.78 is 0. The van der Waals surface area contributed by atoms with Crippen LogP contribution in [-0.4, -0.2) is 47.5 Å². The van der Waals surface area contributed by atoms with Crippen molar-refractivity contribution >= 4 is 23.5 Å². The quantitative estimate of drug-likeness (QED) is 0.413. The smallest absolute Gasteiger partial charge is 0.289 e. The van der Waals surface area contributed by atoms with Crippen LogP contribution in [0.1, 0.15) is 57.4 Å². The predicted molar refractivity (Wildman–Crippen MR) is 110 cm³/mol. The second-order valence-electron chi connectivity index (χ2n) is 7.43. The van der Waals surface area contributed by atoms with Crippen LogP contribution in [0.25, 0.3) is 0 Å². The molecule has 2 rings (SSSR count). The second kappa shape index (κ2) is 12.0. The number of likely N-dealkylation sites (tertiary alicyclic amines) is 1. The van der Waals surface area contributed by atoms with Crippen LogP contribution in [0.15, 0.2) is 30.3 Å². The van der Waals surface area contributed by atoms with E-state index in [0.29, 0.717) is 32.5 Å². The maximum Gasteiger partial charge on any atom is 0.289 e. The van der Waals surface area contributed by atoms with Crippen LogP contribution < -0.4 is 10.6 Å². The van der Waals surface area contributed by atoms with Gasteiger partial charge in [0.25, 0.3) is 5.91 Å². The van der Waals surface area contributed by atoms with Crippen LogP contribution >= 0.6 is 0 Å².